The third kappa shape index (κ3) is 4.68. The molecule has 0 spiro atoms. The Morgan fingerprint density at radius 1 is 1.19 bits per heavy atom. The van der Waals surface area contributed by atoms with E-state index in [-0.39, 0.29) is 22.6 Å². The van der Waals surface area contributed by atoms with E-state index in [9.17, 15) is 18.0 Å². The van der Waals surface area contributed by atoms with Crippen LogP contribution in [0.3, 0.4) is 0 Å². The van der Waals surface area contributed by atoms with Crippen LogP contribution in [0.1, 0.15) is 42.9 Å². The summed E-state index contributed by atoms with van der Waals surface area (Å²) in [5.41, 5.74) is 1.54. The number of hydrogen-bond acceptors (Lipinski definition) is 5. The molecule has 0 radical (unpaired) electrons. The minimum absolute atomic E-state index is 0.0946. The molecule has 1 aromatic heterocycles. The summed E-state index contributed by atoms with van der Waals surface area (Å²) in [4.78, 5) is 28.3. The lowest BCUT2D eigenvalue weighted by molar-refractivity contribution is -0.121. The third-order valence-corrected chi connectivity index (χ3v) is 8.43. The Labute approximate surface area is 188 Å². The van der Waals surface area contributed by atoms with Crippen LogP contribution in [-0.4, -0.2) is 50.2 Å². The average Bonchev–Trinajstić information content (AvgIpc) is 3.41. The average molecular weight is 464 g/mol. The van der Waals surface area contributed by atoms with Crippen LogP contribution < -0.4 is 10.2 Å². The van der Waals surface area contributed by atoms with E-state index in [4.69, 9.17) is 0 Å². The van der Waals surface area contributed by atoms with Crippen molar-refractivity contribution in [2.45, 2.75) is 45.1 Å². The maximum atomic E-state index is 13.3. The minimum Gasteiger partial charge on any atom is -0.339 e. The summed E-state index contributed by atoms with van der Waals surface area (Å²) in [5.74, 6) is -0.539. The molecule has 3 rings (SSSR count). The molecule has 1 N–H and O–H groups in total. The first kappa shape index (κ1) is 23.4. The number of rotatable bonds is 8. The van der Waals surface area contributed by atoms with Gasteiger partial charge in [-0.15, -0.1) is 11.3 Å². The van der Waals surface area contributed by atoms with Crippen molar-refractivity contribution in [1.29, 1.82) is 0 Å². The molecular formula is C22H29N3O4S2. The molecule has 9 heteroatoms. The van der Waals surface area contributed by atoms with E-state index in [1.54, 1.807) is 35.2 Å². The SMILES string of the molecule is CCN(CC)S(=O)(=O)c1ccc2c(c1)CCN2C(=O)C(NC(=O)c1cccs1)C(C)C. The normalized spacial score (nSPS) is 14.7. The van der Waals surface area contributed by atoms with Gasteiger partial charge in [0.15, 0.2) is 0 Å². The molecule has 2 heterocycles. The number of carbonyl (C=O) groups excluding carboxylic acids is 2. The number of fused-ring (bicyclic) bond motifs is 1. The summed E-state index contributed by atoms with van der Waals surface area (Å²) in [6.45, 7) is 8.68. The largest absolute Gasteiger partial charge is 0.339 e. The predicted octanol–water partition coefficient (Wildman–Crippen LogP) is 3.12. The highest BCUT2D eigenvalue weighted by atomic mass is 32.2. The van der Waals surface area contributed by atoms with Crippen molar-refractivity contribution < 1.29 is 18.0 Å². The molecule has 0 saturated carbocycles. The molecule has 0 aliphatic carbocycles. The molecule has 31 heavy (non-hydrogen) atoms. The molecule has 1 aromatic carbocycles. The number of nitrogens with zero attached hydrogens (tertiary/aromatic N) is 2. The van der Waals surface area contributed by atoms with E-state index < -0.39 is 16.1 Å². The number of sulfonamides is 1. The highest BCUT2D eigenvalue weighted by molar-refractivity contribution is 7.89. The Kier molecular flexibility index (Phi) is 7.18. The van der Waals surface area contributed by atoms with Gasteiger partial charge in [-0.25, -0.2) is 8.42 Å². The zero-order valence-electron chi connectivity index (χ0n) is 18.3. The fourth-order valence-electron chi connectivity index (χ4n) is 3.78. The zero-order chi connectivity index (χ0) is 22.8. The first-order chi connectivity index (χ1) is 14.7. The summed E-state index contributed by atoms with van der Waals surface area (Å²) < 4.78 is 27.1. The zero-order valence-corrected chi connectivity index (χ0v) is 19.9. The van der Waals surface area contributed by atoms with Crippen molar-refractivity contribution in [1.82, 2.24) is 9.62 Å². The Balaban J connectivity index is 1.84. The maximum absolute atomic E-state index is 13.3. The lowest BCUT2D eigenvalue weighted by Gasteiger charge is -2.27. The van der Waals surface area contributed by atoms with Crippen LogP contribution in [0.25, 0.3) is 0 Å². The van der Waals surface area contributed by atoms with Crippen LogP contribution >= 0.6 is 11.3 Å². The van der Waals surface area contributed by atoms with Crippen molar-refractivity contribution in [2.75, 3.05) is 24.5 Å². The lowest BCUT2D eigenvalue weighted by atomic mass is 10.0. The van der Waals surface area contributed by atoms with E-state index in [1.165, 1.54) is 15.6 Å². The van der Waals surface area contributed by atoms with Crippen LogP contribution in [0.4, 0.5) is 5.69 Å². The van der Waals surface area contributed by atoms with Gasteiger partial charge < -0.3 is 10.2 Å². The molecule has 168 valence electrons. The fraction of sp³-hybridized carbons (Fsp3) is 0.455. The predicted molar refractivity (Wildman–Crippen MR) is 123 cm³/mol. The van der Waals surface area contributed by atoms with Crippen molar-refractivity contribution >= 4 is 38.9 Å². The Bertz CT molecular complexity index is 1040. The Morgan fingerprint density at radius 3 is 2.48 bits per heavy atom. The second kappa shape index (κ2) is 9.50. The van der Waals surface area contributed by atoms with E-state index in [0.717, 1.165) is 5.56 Å². The van der Waals surface area contributed by atoms with Gasteiger partial charge in [0.25, 0.3) is 5.91 Å². The molecule has 1 atom stereocenters. The molecule has 0 saturated heterocycles. The molecule has 2 aromatic rings. The topological polar surface area (TPSA) is 86.8 Å². The number of thiophene rings is 1. The highest BCUT2D eigenvalue weighted by Crippen LogP contribution is 2.32. The van der Waals surface area contributed by atoms with Crippen LogP contribution in [0.5, 0.6) is 0 Å². The fourth-order valence-corrected chi connectivity index (χ4v) is 5.92. The second-order valence-corrected chi connectivity index (χ2v) is 10.7. The van der Waals surface area contributed by atoms with Gasteiger partial charge in [-0.1, -0.05) is 33.8 Å². The molecule has 0 fully saturated rings. The summed E-state index contributed by atoms with van der Waals surface area (Å²) >= 11 is 1.33. The molecule has 2 amide bonds. The number of benzene rings is 1. The van der Waals surface area contributed by atoms with Gasteiger partial charge in [-0.2, -0.15) is 4.31 Å². The first-order valence-corrected chi connectivity index (χ1v) is 12.8. The smallest absolute Gasteiger partial charge is 0.262 e. The molecule has 1 aliphatic rings. The summed E-state index contributed by atoms with van der Waals surface area (Å²) in [7, 11) is -3.56. The lowest BCUT2D eigenvalue weighted by Crippen LogP contribution is -2.51. The maximum Gasteiger partial charge on any atom is 0.262 e. The monoisotopic (exact) mass is 463 g/mol. The van der Waals surface area contributed by atoms with Gasteiger partial charge in [-0.3, -0.25) is 9.59 Å². The first-order valence-electron chi connectivity index (χ1n) is 10.5. The quantitative estimate of drug-likeness (QED) is 0.652. The molecule has 7 nitrogen and oxygen atoms in total. The van der Waals surface area contributed by atoms with Crippen molar-refractivity contribution in [3.05, 3.63) is 46.2 Å². The Morgan fingerprint density at radius 2 is 1.90 bits per heavy atom. The van der Waals surface area contributed by atoms with Crippen LogP contribution in [0, 0.1) is 5.92 Å². The highest BCUT2D eigenvalue weighted by Gasteiger charge is 2.34. The van der Waals surface area contributed by atoms with E-state index in [0.29, 0.717) is 36.6 Å². The van der Waals surface area contributed by atoms with Crippen LogP contribution in [0.15, 0.2) is 40.6 Å². The second-order valence-electron chi connectivity index (χ2n) is 7.79. The molecule has 1 unspecified atom stereocenters. The summed E-state index contributed by atoms with van der Waals surface area (Å²) in [6.07, 6.45) is 0.576. The molecular weight excluding hydrogens is 434 g/mol. The number of nitrogens with one attached hydrogen (secondary N) is 1. The summed E-state index contributed by atoms with van der Waals surface area (Å²) in [5, 5.41) is 4.69. The molecule has 0 bridgehead atoms. The standard InChI is InChI=1S/C22H29N3O4S2/c1-5-24(6-2)31(28,29)17-9-10-18-16(14-17)11-12-25(18)22(27)20(15(3)4)23-21(26)19-8-7-13-30-19/h7-10,13-15,20H,5-6,11-12H2,1-4H3,(H,23,26). The van der Waals surface area contributed by atoms with Gasteiger partial charge in [-0.05, 0) is 47.5 Å². The number of amides is 2. The molecule has 1 aliphatic heterocycles. The van der Waals surface area contributed by atoms with Crippen LogP contribution in [0.2, 0.25) is 0 Å². The van der Waals surface area contributed by atoms with Gasteiger partial charge in [0, 0.05) is 25.3 Å². The van der Waals surface area contributed by atoms with Gasteiger partial charge >= 0.3 is 0 Å². The summed E-state index contributed by atoms with van der Waals surface area (Å²) in [6, 6.07) is 7.80. The van der Waals surface area contributed by atoms with E-state index in [2.05, 4.69) is 5.32 Å². The van der Waals surface area contributed by atoms with Crippen molar-refractivity contribution in [2.24, 2.45) is 5.92 Å². The Hall–Kier alpha value is -2.23. The van der Waals surface area contributed by atoms with E-state index in [1.807, 2.05) is 33.1 Å². The third-order valence-electron chi connectivity index (χ3n) is 5.52. The number of anilines is 1. The minimum atomic E-state index is -3.56. The van der Waals surface area contributed by atoms with E-state index >= 15 is 0 Å². The number of carbonyl (C=O) groups is 2. The number of hydrogen-bond donors (Lipinski definition) is 1. The van der Waals surface area contributed by atoms with Crippen LogP contribution in [-0.2, 0) is 21.2 Å². The van der Waals surface area contributed by atoms with Crippen molar-refractivity contribution in [3.8, 4) is 0 Å². The van der Waals surface area contributed by atoms with Crippen molar-refractivity contribution in [3.63, 3.8) is 0 Å². The van der Waals surface area contributed by atoms with Gasteiger partial charge in [0.05, 0.1) is 9.77 Å². The van der Waals surface area contributed by atoms with Gasteiger partial charge in [0.2, 0.25) is 15.9 Å². The van der Waals surface area contributed by atoms with Gasteiger partial charge in [0.1, 0.15) is 6.04 Å².